The Hall–Kier alpha value is -3.37. The van der Waals surface area contributed by atoms with E-state index in [9.17, 15) is 14.4 Å². The molecule has 1 heterocycles. The molecular weight excluding hydrogens is 428 g/mol. The van der Waals surface area contributed by atoms with Gasteiger partial charge in [-0.15, -0.1) is 0 Å². The van der Waals surface area contributed by atoms with Gasteiger partial charge in [-0.2, -0.15) is 5.26 Å². The van der Waals surface area contributed by atoms with E-state index in [2.05, 4.69) is 6.07 Å². The van der Waals surface area contributed by atoms with Crippen molar-refractivity contribution in [3.05, 3.63) is 65.2 Å². The molecule has 0 saturated carbocycles. The maximum absolute atomic E-state index is 12.7. The summed E-state index contributed by atoms with van der Waals surface area (Å²) >= 11 is 5.88. The third-order valence-electron chi connectivity index (χ3n) is 5.38. The Morgan fingerprint density at radius 3 is 2.16 bits per heavy atom. The second-order valence-electron chi connectivity index (χ2n) is 7.47. The molecule has 166 valence electrons. The van der Waals surface area contributed by atoms with Gasteiger partial charge in [-0.05, 0) is 36.4 Å². The first-order chi connectivity index (χ1) is 15.5. The Kier molecular flexibility index (Phi) is 8.23. The fourth-order valence-electron chi connectivity index (χ4n) is 3.61. The average Bonchev–Trinajstić information content (AvgIpc) is 2.83. The van der Waals surface area contributed by atoms with E-state index in [0.717, 1.165) is 5.69 Å². The van der Waals surface area contributed by atoms with Gasteiger partial charge in [0.1, 0.15) is 0 Å². The minimum Gasteiger partial charge on any atom is -0.339 e. The van der Waals surface area contributed by atoms with Crippen LogP contribution < -0.4 is 4.90 Å². The van der Waals surface area contributed by atoms with Crippen LogP contribution in [0.2, 0.25) is 5.02 Å². The SMILES string of the molecule is N#CCCN(C(=O)CCC(=O)N1CCN(C(=O)c2ccc(Cl)cc2)CC1)c1ccccc1. The van der Waals surface area contributed by atoms with Crippen molar-refractivity contribution < 1.29 is 14.4 Å². The summed E-state index contributed by atoms with van der Waals surface area (Å²) in [6.07, 6.45) is 0.390. The summed E-state index contributed by atoms with van der Waals surface area (Å²) in [6.45, 7) is 2.05. The van der Waals surface area contributed by atoms with Crippen LogP contribution in [0.4, 0.5) is 5.69 Å². The number of piperazine rings is 1. The molecule has 8 heteroatoms. The molecule has 1 fully saturated rings. The zero-order valence-corrected chi connectivity index (χ0v) is 18.5. The smallest absolute Gasteiger partial charge is 0.253 e. The first-order valence-corrected chi connectivity index (χ1v) is 10.9. The molecule has 3 rings (SSSR count). The van der Waals surface area contributed by atoms with Gasteiger partial charge in [-0.3, -0.25) is 14.4 Å². The Labute approximate surface area is 192 Å². The van der Waals surface area contributed by atoms with Crippen molar-refractivity contribution in [2.45, 2.75) is 19.3 Å². The van der Waals surface area contributed by atoms with Crippen LogP contribution in [0.3, 0.4) is 0 Å². The van der Waals surface area contributed by atoms with Gasteiger partial charge in [0.05, 0.1) is 12.5 Å². The molecule has 0 radical (unpaired) electrons. The van der Waals surface area contributed by atoms with Crippen LogP contribution >= 0.6 is 11.6 Å². The van der Waals surface area contributed by atoms with Crippen LogP contribution in [0.5, 0.6) is 0 Å². The van der Waals surface area contributed by atoms with E-state index in [-0.39, 0.29) is 37.0 Å². The highest BCUT2D eigenvalue weighted by atomic mass is 35.5. The number of hydrogen-bond donors (Lipinski definition) is 0. The van der Waals surface area contributed by atoms with Crippen molar-refractivity contribution in [1.82, 2.24) is 9.80 Å². The molecule has 1 aliphatic rings. The number of nitrogens with zero attached hydrogens (tertiary/aromatic N) is 4. The topological polar surface area (TPSA) is 84.7 Å². The lowest BCUT2D eigenvalue weighted by atomic mass is 10.1. The third-order valence-corrected chi connectivity index (χ3v) is 5.63. The van der Waals surface area contributed by atoms with Gasteiger partial charge in [-0.1, -0.05) is 29.8 Å². The lowest BCUT2D eigenvalue weighted by Gasteiger charge is -2.35. The van der Waals surface area contributed by atoms with Crippen LogP contribution in [-0.4, -0.2) is 60.2 Å². The molecule has 32 heavy (non-hydrogen) atoms. The maximum atomic E-state index is 12.7. The Balaban J connectivity index is 1.50. The molecule has 2 aromatic carbocycles. The number of carbonyl (C=O) groups excluding carboxylic acids is 3. The van der Waals surface area contributed by atoms with Crippen LogP contribution in [-0.2, 0) is 9.59 Å². The van der Waals surface area contributed by atoms with E-state index in [1.165, 1.54) is 0 Å². The lowest BCUT2D eigenvalue weighted by Crippen LogP contribution is -2.50. The quantitative estimate of drug-likeness (QED) is 0.644. The molecule has 2 aromatic rings. The number of nitriles is 1. The van der Waals surface area contributed by atoms with Gasteiger partial charge < -0.3 is 14.7 Å². The van der Waals surface area contributed by atoms with E-state index < -0.39 is 0 Å². The zero-order chi connectivity index (χ0) is 22.9. The van der Waals surface area contributed by atoms with E-state index >= 15 is 0 Å². The fraction of sp³-hybridized carbons (Fsp3) is 0.333. The molecule has 0 unspecified atom stereocenters. The van der Waals surface area contributed by atoms with E-state index in [0.29, 0.717) is 43.3 Å². The Bertz CT molecular complexity index is 981. The summed E-state index contributed by atoms with van der Waals surface area (Å²) in [5.41, 5.74) is 1.28. The molecular formula is C24H25ClN4O3. The van der Waals surface area contributed by atoms with Gasteiger partial charge in [0.25, 0.3) is 5.91 Å². The van der Waals surface area contributed by atoms with Gasteiger partial charge in [0.2, 0.25) is 11.8 Å². The number of benzene rings is 2. The minimum atomic E-state index is -0.184. The van der Waals surface area contributed by atoms with Crippen molar-refractivity contribution >= 4 is 35.0 Å². The minimum absolute atomic E-state index is 0.0725. The molecule has 3 amide bonds. The number of halogens is 1. The standard InChI is InChI=1S/C24H25ClN4O3/c25-20-9-7-19(8-10-20)24(32)28-17-15-27(16-18-28)22(30)11-12-23(31)29(14-4-13-26)21-5-2-1-3-6-21/h1-3,5-10H,4,11-12,14-18H2. The highest BCUT2D eigenvalue weighted by Gasteiger charge is 2.25. The van der Waals surface area contributed by atoms with Crippen molar-refractivity contribution in [3.63, 3.8) is 0 Å². The van der Waals surface area contributed by atoms with Crippen LogP contribution in [0, 0.1) is 11.3 Å². The van der Waals surface area contributed by atoms with Crippen LogP contribution in [0.15, 0.2) is 54.6 Å². The number of anilines is 1. The molecule has 1 saturated heterocycles. The molecule has 0 aliphatic carbocycles. The number of amides is 3. The van der Waals surface area contributed by atoms with Gasteiger partial charge >= 0.3 is 0 Å². The van der Waals surface area contributed by atoms with E-state index in [1.54, 1.807) is 39.0 Å². The third kappa shape index (κ3) is 6.08. The van der Waals surface area contributed by atoms with Crippen molar-refractivity contribution in [2.75, 3.05) is 37.6 Å². The molecule has 7 nitrogen and oxygen atoms in total. The monoisotopic (exact) mass is 452 g/mol. The van der Waals surface area contributed by atoms with Gasteiger partial charge in [-0.25, -0.2) is 0 Å². The van der Waals surface area contributed by atoms with Gasteiger partial charge in [0, 0.05) is 61.8 Å². The normalized spacial score (nSPS) is 13.4. The first-order valence-electron chi connectivity index (χ1n) is 10.5. The van der Waals surface area contributed by atoms with E-state index in [4.69, 9.17) is 16.9 Å². The lowest BCUT2D eigenvalue weighted by molar-refractivity contribution is -0.134. The van der Waals surface area contributed by atoms with Gasteiger partial charge in [0.15, 0.2) is 0 Å². The van der Waals surface area contributed by atoms with Crippen molar-refractivity contribution in [2.24, 2.45) is 0 Å². The van der Waals surface area contributed by atoms with Crippen LogP contribution in [0.25, 0.3) is 0 Å². The largest absolute Gasteiger partial charge is 0.339 e. The fourth-order valence-corrected chi connectivity index (χ4v) is 3.73. The zero-order valence-electron chi connectivity index (χ0n) is 17.7. The Morgan fingerprint density at radius 1 is 0.906 bits per heavy atom. The second-order valence-corrected chi connectivity index (χ2v) is 7.91. The number of hydrogen-bond acceptors (Lipinski definition) is 4. The van der Waals surface area contributed by atoms with Crippen molar-refractivity contribution in [3.8, 4) is 6.07 Å². The summed E-state index contributed by atoms with van der Waals surface area (Å²) in [6, 6.07) is 18.0. The van der Waals surface area contributed by atoms with E-state index in [1.807, 2.05) is 30.3 Å². The first kappa shape index (κ1) is 23.3. The summed E-state index contributed by atoms with van der Waals surface area (Å²) in [5, 5.41) is 9.47. The highest BCUT2D eigenvalue weighted by molar-refractivity contribution is 6.30. The van der Waals surface area contributed by atoms with Crippen LogP contribution in [0.1, 0.15) is 29.6 Å². The van der Waals surface area contributed by atoms with Crippen molar-refractivity contribution in [1.29, 1.82) is 5.26 Å². The number of para-hydroxylation sites is 1. The maximum Gasteiger partial charge on any atom is 0.253 e. The Morgan fingerprint density at radius 2 is 1.53 bits per heavy atom. The average molecular weight is 453 g/mol. The molecule has 0 aromatic heterocycles. The molecule has 0 bridgehead atoms. The number of carbonyl (C=O) groups is 3. The molecule has 0 N–H and O–H groups in total. The predicted molar refractivity (Wildman–Crippen MR) is 122 cm³/mol. The summed E-state index contributed by atoms with van der Waals surface area (Å²) in [7, 11) is 0. The predicted octanol–water partition coefficient (Wildman–Crippen LogP) is 3.35. The molecule has 1 aliphatic heterocycles. The molecule has 0 spiro atoms. The summed E-state index contributed by atoms with van der Waals surface area (Å²) < 4.78 is 0. The second kappa shape index (κ2) is 11.3. The summed E-state index contributed by atoms with van der Waals surface area (Å²) in [5.74, 6) is -0.374. The summed E-state index contributed by atoms with van der Waals surface area (Å²) in [4.78, 5) is 43.0. The molecule has 0 atom stereocenters. The highest BCUT2D eigenvalue weighted by Crippen LogP contribution is 2.17. The number of rotatable bonds is 7.